The van der Waals surface area contributed by atoms with Crippen LogP contribution in [0.15, 0.2) is 0 Å². The lowest BCUT2D eigenvalue weighted by Crippen LogP contribution is -2.74. The van der Waals surface area contributed by atoms with Gasteiger partial charge in [0.2, 0.25) is 11.8 Å². The minimum Gasteiger partial charge on any atom is -0.380 e. The van der Waals surface area contributed by atoms with E-state index in [1.165, 1.54) is 6.42 Å². The van der Waals surface area contributed by atoms with Crippen LogP contribution < -0.4 is 21.7 Å². The maximum atomic E-state index is 12.0. The number of carbonyl (C=O) groups excluding carboxylic acids is 2. The van der Waals surface area contributed by atoms with Crippen molar-refractivity contribution in [3.05, 3.63) is 0 Å². The fraction of sp³-hybridized carbons (Fsp3) is 0.895. The topological polar surface area (TPSA) is 112 Å². The van der Waals surface area contributed by atoms with Crippen molar-refractivity contribution in [3.8, 4) is 0 Å². The molecule has 3 aliphatic rings. The van der Waals surface area contributed by atoms with Gasteiger partial charge in [-0.3, -0.25) is 30.4 Å². The normalized spacial score (nSPS) is 37.6. The fourth-order valence-electron chi connectivity index (χ4n) is 4.79. The minimum atomic E-state index is -0.329. The molecule has 3 rings (SSSR count). The molecule has 3 fully saturated rings. The summed E-state index contributed by atoms with van der Waals surface area (Å²) in [5, 5.41) is 10.6. The van der Waals surface area contributed by atoms with Gasteiger partial charge in [-0.2, -0.15) is 0 Å². The summed E-state index contributed by atoms with van der Waals surface area (Å²) in [7, 11) is 1.76. The first-order valence-electron chi connectivity index (χ1n) is 10.5. The van der Waals surface area contributed by atoms with Crippen molar-refractivity contribution in [2.75, 3.05) is 33.3 Å². The van der Waals surface area contributed by atoms with Crippen LogP contribution in [0.25, 0.3) is 0 Å². The fourth-order valence-corrected chi connectivity index (χ4v) is 4.79. The van der Waals surface area contributed by atoms with E-state index >= 15 is 0 Å². The monoisotopic (exact) mass is 396 g/mol. The lowest BCUT2D eigenvalue weighted by Gasteiger charge is -2.49. The van der Waals surface area contributed by atoms with Gasteiger partial charge in [0.25, 0.3) is 0 Å². The maximum Gasteiger partial charge on any atom is 0.224 e. The summed E-state index contributed by atoms with van der Waals surface area (Å²) in [6.45, 7) is 6.47. The Bertz CT molecular complexity index is 562. The van der Waals surface area contributed by atoms with E-state index in [2.05, 4.69) is 27.8 Å². The Hall–Kier alpha value is -1.26. The largest absolute Gasteiger partial charge is 0.380 e. The maximum absolute atomic E-state index is 12.0. The summed E-state index contributed by atoms with van der Waals surface area (Å²) in [5.41, 5.74) is 5.68. The number of rotatable bonds is 5. The Morgan fingerprint density at radius 3 is 2.61 bits per heavy atom. The van der Waals surface area contributed by atoms with Crippen molar-refractivity contribution < 1.29 is 14.3 Å². The molecule has 0 radical (unpaired) electrons. The SMILES string of the molecule is COC1CCCCC1NC1NC(N2CCN(C(C)=O)CC2C)NCC1C(N)=O. The molecule has 1 aliphatic carbocycles. The number of nitrogens with two attached hydrogens (primary N) is 1. The summed E-state index contributed by atoms with van der Waals surface area (Å²) >= 11 is 0. The van der Waals surface area contributed by atoms with Crippen molar-refractivity contribution in [3.63, 3.8) is 0 Å². The lowest BCUT2D eigenvalue weighted by atomic mass is 9.91. The van der Waals surface area contributed by atoms with E-state index in [9.17, 15) is 9.59 Å². The molecule has 0 aromatic carbocycles. The van der Waals surface area contributed by atoms with Crippen LogP contribution in [0.1, 0.15) is 39.5 Å². The van der Waals surface area contributed by atoms with Crippen molar-refractivity contribution in [1.29, 1.82) is 0 Å². The number of hydrogen-bond acceptors (Lipinski definition) is 7. The van der Waals surface area contributed by atoms with Crippen LogP contribution >= 0.6 is 0 Å². The van der Waals surface area contributed by atoms with Crippen LogP contribution in [-0.2, 0) is 14.3 Å². The van der Waals surface area contributed by atoms with Crippen molar-refractivity contribution in [2.45, 2.75) is 70.2 Å². The molecule has 2 aliphatic heterocycles. The second-order valence-corrected chi connectivity index (χ2v) is 8.35. The average Bonchev–Trinajstić information content (AvgIpc) is 2.68. The predicted octanol–water partition coefficient (Wildman–Crippen LogP) is -1.01. The second-order valence-electron chi connectivity index (χ2n) is 8.35. The molecule has 2 saturated heterocycles. The Kier molecular flexibility index (Phi) is 7.27. The van der Waals surface area contributed by atoms with Crippen LogP contribution in [0.2, 0.25) is 0 Å². The van der Waals surface area contributed by atoms with E-state index in [4.69, 9.17) is 10.5 Å². The smallest absolute Gasteiger partial charge is 0.224 e. The van der Waals surface area contributed by atoms with Gasteiger partial charge in [0, 0.05) is 52.3 Å². The highest BCUT2D eigenvalue weighted by atomic mass is 16.5. The summed E-state index contributed by atoms with van der Waals surface area (Å²) in [5.74, 6) is -0.521. The summed E-state index contributed by atoms with van der Waals surface area (Å²) < 4.78 is 5.67. The molecule has 6 unspecified atom stereocenters. The molecule has 9 heteroatoms. The predicted molar refractivity (Wildman–Crippen MR) is 106 cm³/mol. The molecular weight excluding hydrogens is 360 g/mol. The first-order chi connectivity index (χ1) is 13.4. The number of hydrogen-bond donors (Lipinski definition) is 4. The number of methoxy groups -OCH3 is 1. The van der Waals surface area contributed by atoms with Gasteiger partial charge in [0.05, 0.1) is 18.2 Å². The van der Waals surface area contributed by atoms with E-state index in [0.29, 0.717) is 19.6 Å². The van der Waals surface area contributed by atoms with Crippen molar-refractivity contribution in [2.24, 2.45) is 11.7 Å². The number of ether oxygens (including phenoxy) is 1. The zero-order valence-electron chi connectivity index (χ0n) is 17.3. The van der Waals surface area contributed by atoms with E-state index in [0.717, 1.165) is 25.8 Å². The quantitative estimate of drug-likeness (QED) is 0.471. The third-order valence-corrected chi connectivity index (χ3v) is 6.49. The summed E-state index contributed by atoms with van der Waals surface area (Å²) in [6.07, 6.45) is 4.30. The number of carbonyl (C=O) groups is 2. The molecule has 0 aromatic heterocycles. The Morgan fingerprint density at radius 1 is 1.21 bits per heavy atom. The number of nitrogens with zero attached hydrogens (tertiary/aromatic N) is 2. The van der Waals surface area contributed by atoms with Gasteiger partial charge >= 0.3 is 0 Å². The van der Waals surface area contributed by atoms with E-state index < -0.39 is 0 Å². The number of piperazine rings is 1. The summed E-state index contributed by atoms with van der Waals surface area (Å²) in [4.78, 5) is 27.9. The first kappa shape index (κ1) is 21.4. The van der Waals surface area contributed by atoms with Crippen LogP contribution in [-0.4, -0.2) is 85.5 Å². The molecule has 5 N–H and O–H groups in total. The Balaban J connectivity index is 1.66. The third kappa shape index (κ3) is 4.83. The summed E-state index contributed by atoms with van der Waals surface area (Å²) in [6, 6.07) is 0.429. The van der Waals surface area contributed by atoms with Gasteiger partial charge < -0.3 is 15.4 Å². The minimum absolute atomic E-state index is 0.0678. The second kappa shape index (κ2) is 9.49. The zero-order chi connectivity index (χ0) is 20.3. The zero-order valence-corrected chi connectivity index (χ0v) is 17.3. The molecule has 2 amide bonds. The Labute approximate surface area is 167 Å². The molecule has 160 valence electrons. The highest BCUT2D eigenvalue weighted by molar-refractivity contribution is 5.77. The van der Waals surface area contributed by atoms with Gasteiger partial charge in [-0.15, -0.1) is 0 Å². The molecule has 0 aromatic rings. The molecule has 2 heterocycles. The first-order valence-corrected chi connectivity index (χ1v) is 10.5. The number of amides is 2. The van der Waals surface area contributed by atoms with Gasteiger partial charge in [0.15, 0.2) is 0 Å². The van der Waals surface area contributed by atoms with Gasteiger partial charge in [0.1, 0.15) is 6.29 Å². The van der Waals surface area contributed by atoms with Crippen LogP contribution in [0, 0.1) is 5.92 Å². The molecule has 9 nitrogen and oxygen atoms in total. The molecule has 0 spiro atoms. The Morgan fingerprint density at radius 2 is 1.96 bits per heavy atom. The molecule has 1 saturated carbocycles. The van der Waals surface area contributed by atoms with Gasteiger partial charge in [-0.05, 0) is 19.8 Å². The lowest BCUT2D eigenvalue weighted by molar-refractivity contribution is -0.134. The van der Waals surface area contributed by atoms with Crippen LogP contribution in [0.5, 0.6) is 0 Å². The van der Waals surface area contributed by atoms with Crippen molar-refractivity contribution in [1.82, 2.24) is 25.8 Å². The van der Waals surface area contributed by atoms with E-state index in [1.807, 2.05) is 4.90 Å². The van der Waals surface area contributed by atoms with E-state index in [-0.39, 0.29) is 48.4 Å². The average molecular weight is 397 g/mol. The number of primary amides is 1. The van der Waals surface area contributed by atoms with Gasteiger partial charge in [-0.25, -0.2) is 0 Å². The molecule has 28 heavy (non-hydrogen) atoms. The van der Waals surface area contributed by atoms with Crippen LogP contribution in [0.4, 0.5) is 0 Å². The highest BCUT2D eigenvalue weighted by Crippen LogP contribution is 2.23. The highest BCUT2D eigenvalue weighted by Gasteiger charge is 2.40. The van der Waals surface area contributed by atoms with Crippen molar-refractivity contribution >= 4 is 11.8 Å². The third-order valence-electron chi connectivity index (χ3n) is 6.49. The molecule has 6 atom stereocenters. The number of nitrogens with one attached hydrogen (secondary N) is 3. The standard InChI is InChI=1S/C19H36N6O3/c1-12-11-24(13(2)26)8-9-25(12)19-21-10-14(17(20)27)18(23-19)22-15-6-4-5-7-16(15)28-3/h12,14-16,18-19,21-23H,4-11H2,1-3H3,(H2,20,27). The van der Waals surface area contributed by atoms with E-state index in [1.54, 1.807) is 14.0 Å². The van der Waals surface area contributed by atoms with Crippen LogP contribution in [0.3, 0.4) is 0 Å². The molecular formula is C19H36N6O3. The molecule has 0 bridgehead atoms. The van der Waals surface area contributed by atoms with Gasteiger partial charge in [-0.1, -0.05) is 12.8 Å².